The summed E-state index contributed by atoms with van der Waals surface area (Å²) in [5.41, 5.74) is 0.369. The zero-order valence-electron chi connectivity index (χ0n) is 12.0. The van der Waals surface area contributed by atoms with Gasteiger partial charge in [0.2, 0.25) is 10.0 Å². The van der Waals surface area contributed by atoms with E-state index in [4.69, 9.17) is 5.26 Å². The van der Waals surface area contributed by atoms with Crippen LogP contribution in [0.4, 0.5) is 4.79 Å². The summed E-state index contributed by atoms with van der Waals surface area (Å²) in [5.74, 6) is -0.447. The van der Waals surface area contributed by atoms with E-state index in [-0.39, 0.29) is 24.6 Å². The zero-order valence-corrected chi connectivity index (χ0v) is 12.8. The lowest BCUT2D eigenvalue weighted by Gasteiger charge is -2.20. The fourth-order valence-electron chi connectivity index (χ4n) is 2.71. The highest BCUT2D eigenvalue weighted by molar-refractivity contribution is 7.89. The minimum Gasteiger partial charge on any atom is -0.439 e. The third-order valence-corrected chi connectivity index (χ3v) is 5.78. The van der Waals surface area contributed by atoms with Crippen molar-refractivity contribution in [1.29, 1.82) is 5.26 Å². The summed E-state index contributed by atoms with van der Waals surface area (Å²) >= 11 is 0. The summed E-state index contributed by atoms with van der Waals surface area (Å²) in [6.07, 6.45) is -0.353. The molecule has 2 amide bonds. The molecule has 8 nitrogen and oxygen atoms in total. The van der Waals surface area contributed by atoms with Gasteiger partial charge < -0.3 is 4.74 Å². The van der Waals surface area contributed by atoms with E-state index in [1.54, 1.807) is 0 Å². The quantitative estimate of drug-likeness (QED) is 0.786. The standard InChI is InChI=1S/C14H13N3O5S/c15-7-10-1-3-12(4-2-10)23(20,21)16-6-5-11(8-16)17-13(18)9-22-14(17)19/h1-4,11H,5-6,8-9H2. The summed E-state index contributed by atoms with van der Waals surface area (Å²) in [5, 5.41) is 8.76. The van der Waals surface area contributed by atoms with E-state index < -0.39 is 28.1 Å². The highest BCUT2D eigenvalue weighted by Crippen LogP contribution is 2.25. The Balaban J connectivity index is 1.78. The number of benzene rings is 1. The van der Waals surface area contributed by atoms with Crippen LogP contribution in [0.3, 0.4) is 0 Å². The molecule has 23 heavy (non-hydrogen) atoms. The predicted octanol–water partition coefficient (Wildman–Crippen LogP) is 0.300. The number of carbonyl (C=O) groups is 2. The first-order valence-electron chi connectivity index (χ1n) is 6.92. The molecule has 1 aromatic rings. The van der Waals surface area contributed by atoms with Gasteiger partial charge in [-0.1, -0.05) is 0 Å². The number of rotatable bonds is 3. The highest BCUT2D eigenvalue weighted by Gasteiger charge is 2.43. The molecule has 2 aliphatic heterocycles. The number of ether oxygens (including phenoxy) is 1. The molecule has 2 saturated heterocycles. The molecule has 1 atom stereocenters. The Morgan fingerprint density at radius 2 is 1.91 bits per heavy atom. The van der Waals surface area contributed by atoms with Gasteiger partial charge >= 0.3 is 6.09 Å². The lowest BCUT2D eigenvalue weighted by molar-refractivity contribution is -0.127. The van der Waals surface area contributed by atoms with E-state index in [0.29, 0.717) is 12.0 Å². The van der Waals surface area contributed by atoms with Crippen LogP contribution < -0.4 is 0 Å². The molecule has 3 rings (SSSR count). The highest BCUT2D eigenvalue weighted by atomic mass is 32.2. The van der Waals surface area contributed by atoms with E-state index in [9.17, 15) is 18.0 Å². The van der Waals surface area contributed by atoms with Crippen molar-refractivity contribution in [2.45, 2.75) is 17.4 Å². The fourth-order valence-corrected chi connectivity index (χ4v) is 4.20. The van der Waals surface area contributed by atoms with Crippen LogP contribution in [-0.4, -0.2) is 55.4 Å². The minimum atomic E-state index is -3.73. The number of nitriles is 1. The number of amides is 2. The Morgan fingerprint density at radius 1 is 1.22 bits per heavy atom. The molecule has 0 N–H and O–H groups in total. The number of sulfonamides is 1. The Morgan fingerprint density at radius 3 is 2.48 bits per heavy atom. The van der Waals surface area contributed by atoms with Gasteiger partial charge in [0, 0.05) is 13.1 Å². The molecular weight excluding hydrogens is 322 g/mol. The monoisotopic (exact) mass is 335 g/mol. The number of carbonyl (C=O) groups excluding carboxylic acids is 2. The average Bonchev–Trinajstić information content (AvgIpc) is 3.14. The maximum atomic E-state index is 12.6. The fraction of sp³-hybridized carbons (Fsp3) is 0.357. The normalized spacial score (nSPS) is 22.2. The van der Waals surface area contributed by atoms with Gasteiger partial charge in [-0.15, -0.1) is 0 Å². The van der Waals surface area contributed by atoms with Crippen LogP contribution in [0.25, 0.3) is 0 Å². The molecule has 9 heteroatoms. The minimum absolute atomic E-state index is 0.0448. The molecule has 1 aromatic carbocycles. The maximum Gasteiger partial charge on any atom is 0.417 e. The van der Waals surface area contributed by atoms with E-state index in [1.165, 1.54) is 28.6 Å². The summed E-state index contributed by atoms with van der Waals surface area (Å²) < 4.78 is 31.1. The van der Waals surface area contributed by atoms with Gasteiger partial charge in [-0.3, -0.25) is 4.79 Å². The summed E-state index contributed by atoms with van der Waals surface area (Å²) in [6.45, 7) is -0.0368. The van der Waals surface area contributed by atoms with Gasteiger partial charge in [-0.05, 0) is 30.7 Å². The van der Waals surface area contributed by atoms with Crippen LogP contribution in [-0.2, 0) is 19.6 Å². The largest absolute Gasteiger partial charge is 0.439 e. The van der Waals surface area contributed by atoms with E-state index in [1.807, 2.05) is 6.07 Å². The van der Waals surface area contributed by atoms with Gasteiger partial charge in [0.05, 0.1) is 22.6 Å². The van der Waals surface area contributed by atoms with Gasteiger partial charge in [-0.25, -0.2) is 18.1 Å². The van der Waals surface area contributed by atoms with Crippen molar-refractivity contribution in [3.05, 3.63) is 29.8 Å². The third kappa shape index (κ3) is 2.67. The molecule has 0 radical (unpaired) electrons. The Labute approximate surface area is 132 Å². The van der Waals surface area contributed by atoms with Crippen molar-refractivity contribution in [2.75, 3.05) is 19.7 Å². The topological polar surface area (TPSA) is 108 Å². The molecule has 0 bridgehead atoms. The van der Waals surface area contributed by atoms with Crippen molar-refractivity contribution in [2.24, 2.45) is 0 Å². The molecule has 0 saturated carbocycles. The Bertz CT molecular complexity index is 781. The summed E-state index contributed by atoms with van der Waals surface area (Å²) in [4.78, 5) is 24.3. The lowest BCUT2D eigenvalue weighted by Crippen LogP contribution is -2.42. The molecule has 0 aromatic heterocycles. The first kappa shape index (κ1) is 15.5. The zero-order chi connectivity index (χ0) is 16.6. The van der Waals surface area contributed by atoms with Gasteiger partial charge in [0.1, 0.15) is 0 Å². The van der Waals surface area contributed by atoms with Crippen molar-refractivity contribution >= 4 is 22.0 Å². The number of nitrogens with zero attached hydrogens (tertiary/aromatic N) is 3. The number of hydrogen-bond donors (Lipinski definition) is 0. The number of imide groups is 1. The van der Waals surface area contributed by atoms with Crippen molar-refractivity contribution in [3.8, 4) is 6.07 Å². The van der Waals surface area contributed by atoms with Crippen LogP contribution in [0.1, 0.15) is 12.0 Å². The van der Waals surface area contributed by atoms with E-state index in [2.05, 4.69) is 4.74 Å². The smallest absolute Gasteiger partial charge is 0.417 e. The Hall–Kier alpha value is -2.44. The third-order valence-electron chi connectivity index (χ3n) is 3.90. The lowest BCUT2D eigenvalue weighted by atomic mass is 10.2. The van der Waals surface area contributed by atoms with Crippen LogP contribution in [0, 0.1) is 11.3 Å². The SMILES string of the molecule is N#Cc1ccc(S(=O)(=O)N2CCC(N3C(=O)COC3=O)C2)cc1. The molecular formula is C14H13N3O5S. The summed E-state index contributed by atoms with van der Waals surface area (Å²) in [6, 6.07) is 7.02. The molecule has 120 valence electrons. The van der Waals surface area contributed by atoms with Crippen LogP contribution in [0.15, 0.2) is 29.2 Å². The second kappa shape index (κ2) is 5.64. The number of hydrogen-bond acceptors (Lipinski definition) is 6. The van der Waals surface area contributed by atoms with Crippen molar-refractivity contribution in [3.63, 3.8) is 0 Å². The van der Waals surface area contributed by atoms with Crippen LogP contribution >= 0.6 is 0 Å². The molecule has 2 aliphatic rings. The number of cyclic esters (lactones) is 1. The van der Waals surface area contributed by atoms with Crippen LogP contribution in [0.2, 0.25) is 0 Å². The van der Waals surface area contributed by atoms with Gasteiger partial charge in [-0.2, -0.15) is 9.57 Å². The van der Waals surface area contributed by atoms with Crippen molar-refractivity contribution in [1.82, 2.24) is 9.21 Å². The van der Waals surface area contributed by atoms with E-state index in [0.717, 1.165) is 4.90 Å². The predicted molar refractivity (Wildman–Crippen MR) is 76.5 cm³/mol. The Kier molecular flexibility index (Phi) is 3.79. The second-order valence-corrected chi connectivity index (χ2v) is 7.20. The second-order valence-electron chi connectivity index (χ2n) is 5.26. The molecule has 0 spiro atoms. The van der Waals surface area contributed by atoms with Gasteiger partial charge in [0.25, 0.3) is 5.91 Å². The van der Waals surface area contributed by atoms with Crippen LogP contribution in [0.5, 0.6) is 0 Å². The molecule has 1 unspecified atom stereocenters. The molecule has 2 heterocycles. The van der Waals surface area contributed by atoms with E-state index >= 15 is 0 Å². The average molecular weight is 335 g/mol. The maximum absolute atomic E-state index is 12.6. The molecule has 0 aliphatic carbocycles. The molecule has 2 fully saturated rings. The summed E-state index contributed by atoms with van der Waals surface area (Å²) in [7, 11) is -3.73. The first-order valence-corrected chi connectivity index (χ1v) is 8.36. The van der Waals surface area contributed by atoms with Gasteiger partial charge in [0.15, 0.2) is 6.61 Å². The first-order chi connectivity index (χ1) is 10.9. The van der Waals surface area contributed by atoms with Crippen molar-refractivity contribution < 1.29 is 22.7 Å².